The fraction of sp³-hybridized carbons (Fsp3) is 0.172. The molecular formula is C29H27N3O. The van der Waals surface area contributed by atoms with E-state index in [0.717, 1.165) is 34.5 Å². The molecule has 1 N–H and O–H groups in total. The summed E-state index contributed by atoms with van der Waals surface area (Å²) in [5.74, 6) is 1.03. The first kappa shape index (κ1) is 21.0. The summed E-state index contributed by atoms with van der Waals surface area (Å²) in [6.45, 7) is 3.34. The number of hydrogen-bond donors (Lipinski definition) is 1. The van der Waals surface area contributed by atoms with E-state index in [4.69, 9.17) is 4.98 Å². The van der Waals surface area contributed by atoms with E-state index < -0.39 is 0 Å². The van der Waals surface area contributed by atoms with Gasteiger partial charge in [-0.3, -0.25) is 4.79 Å². The summed E-state index contributed by atoms with van der Waals surface area (Å²) in [6.07, 6.45) is 1.08. The number of hydrogen-bond acceptors (Lipinski definition) is 2. The Morgan fingerprint density at radius 1 is 0.848 bits per heavy atom. The van der Waals surface area contributed by atoms with Crippen LogP contribution in [0.4, 0.5) is 0 Å². The van der Waals surface area contributed by atoms with E-state index in [1.807, 2.05) is 37.3 Å². The van der Waals surface area contributed by atoms with Gasteiger partial charge in [-0.05, 0) is 46.5 Å². The van der Waals surface area contributed by atoms with Crippen LogP contribution in [0.5, 0.6) is 0 Å². The maximum absolute atomic E-state index is 12.5. The van der Waals surface area contributed by atoms with Crippen LogP contribution in [0.15, 0.2) is 91.0 Å². The molecule has 1 amide bonds. The van der Waals surface area contributed by atoms with Gasteiger partial charge in [-0.25, -0.2) is 4.98 Å². The predicted molar refractivity (Wildman–Crippen MR) is 134 cm³/mol. The van der Waals surface area contributed by atoms with Gasteiger partial charge >= 0.3 is 0 Å². The number of benzene rings is 4. The molecule has 0 atom stereocenters. The van der Waals surface area contributed by atoms with Crippen molar-refractivity contribution in [2.45, 2.75) is 26.3 Å². The number of imidazole rings is 1. The summed E-state index contributed by atoms with van der Waals surface area (Å²) in [5.41, 5.74) is 5.58. The smallest absolute Gasteiger partial charge is 0.224 e. The largest absolute Gasteiger partial charge is 0.355 e. The fourth-order valence-electron chi connectivity index (χ4n) is 4.45. The molecule has 0 spiro atoms. The Morgan fingerprint density at radius 2 is 1.58 bits per heavy atom. The Labute approximate surface area is 193 Å². The number of amides is 1. The lowest BCUT2D eigenvalue weighted by molar-refractivity contribution is -0.120. The molecule has 0 bridgehead atoms. The normalized spacial score (nSPS) is 11.2. The summed E-state index contributed by atoms with van der Waals surface area (Å²) >= 11 is 0. The van der Waals surface area contributed by atoms with E-state index in [1.165, 1.54) is 16.3 Å². The Kier molecular flexibility index (Phi) is 5.90. The molecule has 0 saturated heterocycles. The molecule has 5 aromatic rings. The topological polar surface area (TPSA) is 46.9 Å². The minimum atomic E-state index is 0.0426. The van der Waals surface area contributed by atoms with Crippen LogP contribution in [0.3, 0.4) is 0 Å². The molecule has 4 aromatic carbocycles. The number of nitrogens with zero attached hydrogens (tertiary/aromatic N) is 2. The molecule has 1 aromatic heterocycles. The lowest BCUT2D eigenvalue weighted by atomic mass is 10.0. The van der Waals surface area contributed by atoms with Gasteiger partial charge in [-0.2, -0.15) is 0 Å². The van der Waals surface area contributed by atoms with Crippen molar-refractivity contribution in [2.75, 3.05) is 6.54 Å². The number of para-hydroxylation sites is 2. The van der Waals surface area contributed by atoms with E-state index in [9.17, 15) is 4.79 Å². The van der Waals surface area contributed by atoms with Crippen LogP contribution < -0.4 is 5.32 Å². The van der Waals surface area contributed by atoms with Crippen molar-refractivity contribution in [3.05, 3.63) is 114 Å². The zero-order chi connectivity index (χ0) is 22.6. The Morgan fingerprint density at radius 3 is 2.48 bits per heavy atom. The van der Waals surface area contributed by atoms with Gasteiger partial charge in [0.25, 0.3) is 0 Å². The molecule has 0 saturated carbocycles. The Bertz CT molecular complexity index is 1430. The summed E-state index contributed by atoms with van der Waals surface area (Å²) in [4.78, 5) is 17.4. The second kappa shape index (κ2) is 9.29. The van der Waals surface area contributed by atoms with Crippen LogP contribution >= 0.6 is 0 Å². The molecule has 0 radical (unpaired) electrons. The highest BCUT2D eigenvalue weighted by Gasteiger charge is 2.13. The fourth-order valence-corrected chi connectivity index (χ4v) is 4.45. The highest BCUT2D eigenvalue weighted by atomic mass is 16.1. The van der Waals surface area contributed by atoms with Crippen molar-refractivity contribution in [1.82, 2.24) is 14.9 Å². The minimum Gasteiger partial charge on any atom is -0.355 e. The van der Waals surface area contributed by atoms with E-state index in [0.29, 0.717) is 19.4 Å². The maximum atomic E-state index is 12.5. The molecule has 33 heavy (non-hydrogen) atoms. The van der Waals surface area contributed by atoms with Crippen LogP contribution in [0.1, 0.15) is 22.5 Å². The average molecular weight is 434 g/mol. The van der Waals surface area contributed by atoms with Crippen molar-refractivity contribution >= 4 is 27.7 Å². The number of carbonyl (C=O) groups is 1. The summed E-state index contributed by atoms with van der Waals surface area (Å²) in [5, 5.41) is 5.58. The van der Waals surface area contributed by atoms with Crippen LogP contribution in [0.2, 0.25) is 0 Å². The first-order chi connectivity index (χ1) is 16.2. The Balaban J connectivity index is 1.36. The summed E-state index contributed by atoms with van der Waals surface area (Å²) in [7, 11) is 0. The molecule has 0 aliphatic rings. The molecule has 0 unspecified atom stereocenters. The van der Waals surface area contributed by atoms with Crippen LogP contribution in [-0.4, -0.2) is 22.0 Å². The number of fused-ring (bicyclic) bond motifs is 2. The first-order valence-corrected chi connectivity index (χ1v) is 11.4. The molecule has 0 aliphatic heterocycles. The lowest BCUT2D eigenvalue weighted by Crippen LogP contribution is -2.28. The molecule has 0 fully saturated rings. The molecule has 5 rings (SSSR count). The molecule has 1 heterocycles. The number of aromatic nitrogens is 2. The average Bonchev–Trinajstić information content (AvgIpc) is 3.18. The molecule has 0 aliphatic carbocycles. The van der Waals surface area contributed by atoms with E-state index in [2.05, 4.69) is 70.5 Å². The summed E-state index contributed by atoms with van der Waals surface area (Å²) in [6, 6.07) is 31.2. The zero-order valence-corrected chi connectivity index (χ0v) is 18.8. The van der Waals surface area contributed by atoms with E-state index in [-0.39, 0.29) is 5.91 Å². The molecule has 4 heteroatoms. The van der Waals surface area contributed by atoms with Gasteiger partial charge in [0, 0.05) is 19.5 Å². The number of nitrogens with one attached hydrogen (secondary N) is 1. The molecular weight excluding hydrogens is 406 g/mol. The van der Waals surface area contributed by atoms with Crippen molar-refractivity contribution in [3.8, 4) is 0 Å². The van der Waals surface area contributed by atoms with E-state index >= 15 is 0 Å². The van der Waals surface area contributed by atoms with Crippen LogP contribution in [-0.2, 0) is 24.2 Å². The van der Waals surface area contributed by atoms with Crippen molar-refractivity contribution in [3.63, 3.8) is 0 Å². The SMILES string of the molecule is Cc1ccccc1CC(=O)NCCc1nc2ccccc2n1Cc1cccc2ccccc12. The van der Waals surface area contributed by atoms with Crippen molar-refractivity contribution in [2.24, 2.45) is 0 Å². The Hall–Kier alpha value is -3.92. The predicted octanol–water partition coefficient (Wildman–Crippen LogP) is 5.45. The van der Waals surface area contributed by atoms with Crippen molar-refractivity contribution in [1.29, 1.82) is 0 Å². The quantitative estimate of drug-likeness (QED) is 0.371. The highest BCUT2D eigenvalue weighted by Crippen LogP contribution is 2.23. The van der Waals surface area contributed by atoms with Crippen LogP contribution in [0, 0.1) is 6.92 Å². The zero-order valence-electron chi connectivity index (χ0n) is 18.8. The van der Waals surface area contributed by atoms with Gasteiger partial charge < -0.3 is 9.88 Å². The standard InChI is InChI=1S/C29H27N3O/c1-21-9-2-3-11-23(21)19-29(33)30-18-17-28-31-26-15-6-7-16-27(26)32(28)20-24-13-8-12-22-10-4-5-14-25(22)24/h2-16H,17-20H2,1H3,(H,30,33). The second-order valence-corrected chi connectivity index (χ2v) is 8.44. The maximum Gasteiger partial charge on any atom is 0.224 e. The van der Waals surface area contributed by atoms with Gasteiger partial charge in [0.2, 0.25) is 5.91 Å². The third-order valence-electron chi connectivity index (χ3n) is 6.23. The third-order valence-corrected chi connectivity index (χ3v) is 6.23. The highest BCUT2D eigenvalue weighted by molar-refractivity contribution is 5.86. The number of carbonyl (C=O) groups excluding carboxylic acids is 1. The monoisotopic (exact) mass is 433 g/mol. The molecule has 164 valence electrons. The molecule has 4 nitrogen and oxygen atoms in total. The van der Waals surface area contributed by atoms with Gasteiger partial charge in [0.15, 0.2) is 0 Å². The van der Waals surface area contributed by atoms with Gasteiger partial charge in [0.1, 0.15) is 5.82 Å². The number of rotatable bonds is 7. The lowest BCUT2D eigenvalue weighted by Gasteiger charge is -2.12. The third kappa shape index (κ3) is 4.51. The first-order valence-electron chi connectivity index (χ1n) is 11.4. The number of aryl methyl sites for hydroxylation is 1. The van der Waals surface area contributed by atoms with Gasteiger partial charge in [-0.15, -0.1) is 0 Å². The minimum absolute atomic E-state index is 0.0426. The van der Waals surface area contributed by atoms with Gasteiger partial charge in [0.05, 0.1) is 17.5 Å². The van der Waals surface area contributed by atoms with Gasteiger partial charge in [-0.1, -0.05) is 78.9 Å². The van der Waals surface area contributed by atoms with Crippen LogP contribution in [0.25, 0.3) is 21.8 Å². The summed E-state index contributed by atoms with van der Waals surface area (Å²) < 4.78 is 2.28. The van der Waals surface area contributed by atoms with Crippen molar-refractivity contribution < 1.29 is 4.79 Å². The second-order valence-electron chi connectivity index (χ2n) is 8.44. The van der Waals surface area contributed by atoms with E-state index in [1.54, 1.807) is 0 Å².